The molecule has 1 aromatic heterocycles. The monoisotopic (exact) mass is 288 g/mol. The van der Waals surface area contributed by atoms with Crippen molar-refractivity contribution in [1.82, 2.24) is 5.32 Å². The number of aliphatic hydroxyl groups excluding tert-OH is 1. The topological polar surface area (TPSA) is 91.6 Å². The lowest BCUT2D eigenvalue weighted by Gasteiger charge is -2.13. The lowest BCUT2D eigenvalue weighted by molar-refractivity contribution is 0.206. The van der Waals surface area contributed by atoms with Crippen molar-refractivity contribution < 1.29 is 14.3 Å². The van der Waals surface area contributed by atoms with E-state index in [0.29, 0.717) is 17.8 Å². The van der Waals surface area contributed by atoms with Gasteiger partial charge in [-0.3, -0.25) is 0 Å². The zero-order valence-corrected chi connectivity index (χ0v) is 11.4. The fourth-order valence-electron chi connectivity index (χ4n) is 2.16. The Hall–Kier alpha value is -2.34. The van der Waals surface area contributed by atoms with E-state index in [1.54, 1.807) is 24.3 Å². The van der Waals surface area contributed by atoms with Gasteiger partial charge in [0.05, 0.1) is 6.61 Å². The van der Waals surface area contributed by atoms with E-state index in [2.05, 4.69) is 10.6 Å². The number of aliphatic hydroxyl groups is 1. The van der Waals surface area contributed by atoms with E-state index in [9.17, 15) is 14.7 Å². The number of rotatable bonds is 4. The van der Waals surface area contributed by atoms with Gasteiger partial charge in [-0.15, -0.1) is 0 Å². The Morgan fingerprint density at radius 2 is 2.10 bits per heavy atom. The molecule has 0 aliphatic heterocycles. The van der Waals surface area contributed by atoms with Gasteiger partial charge in [-0.1, -0.05) is 0 Å². The van der Waals surface area contributed by atoms with Crippen molar-refractivity contribution in [3.05, 3.63) is 40.8 Å². The SMILES string of the molecule is O=C(NCC1(CO)CC1)Nc1ccc2oc(=O)ccc2c1. The van der Waals surface area contributed by atoms with Crippen molar-refractivity contribution >= 4 is 22.7 Å². The lowest BCUT2D eigenvalue weighted by Crippen LogP contribution is -2.35. The van der Waals surface area contributed by atoms with Crippen LogP contribution in [0.15, 0.2) is 39.5 Å². The molecule has 0 atom stereocenters. The number of hydrogen-bond donors (Lipinski definition) is 3. The molecule has 0 bridgehead atoms. The van der Waals surface area contributed by atoms with E-state index < -0.39 is 5.63 Å². The van der Waals surface area contributed by atoms with Crippen LogP contribution < -0.4 is 16.3 Å². The van der Waals surface area contributed by atoms with E-state index in [0.717, 1.165) is 18.2 Å². The molecule has 1 aromatic carbocycles. The molecular weight excluding hydrogens is 272 g/mol. The molecular formula is C15H16N2O4. The predicted molar refractivity (Wildman–Crippen MR) is 78.3 cm³/mol. The molecule has 1 saturated carbocycles. The van der Waals surface area contributed by atoms with Gasteiger partial charge in [0.25, 0.3) is 0 Å². The maximum absolute atomic E-state index is 11.8. The van der Waals surface area contributed by atoms with Crippen LogP contribution in [0.25, 0.3) is 11.0 Å². The van der Waals surface area contributed by atoms with E-state index in [4.69, 9.17) is 4.42 Å². The largest absolute Gasteiger partial charge is 0.423 e. The Bertz CT molecular complexity index is 734. The molecule has 0 spiro atoms. The number of carbonyl (C=O) groups excluding carboxylic acids is 1. The molecule has 1 aliphatic carbocycles. The second-order valence-corrected chi connectivity index (χ2v) is 5.47. The molecule has 6 nitrogen and oxygen atoms in total. The Labute approximate surface area is 120 Å². The lowest BCUT2D eigenvalue weighted by atomic mass is 10.1. The van der Waals surface area contributed by atoms with Crippen molar-refractivity contribution in [2.75, 3.05) is 18.5 Å². The Balaban J connectivity index is 1.65. The predicted octanol–water partition coefficient (Wildman–Crippen LogP) is 1.69. The van der Waals surface area contributed by atoms with Gasteiger partial charge in [-0.25, -0.2) is 9.59 Å². The molecule has 0 unspecified atom stereocenters. The number of hydrogen-bond acceptors (Lipinski definition) is 4. The van der Waals surface area contributed by atoms with E-state index in [1.807, 2.05) is 0 Å². The smallest absolute Gasteiger partial charge is 0.336 e. The minimum absolute atomic E-state index is 0.0995. The minimum Gasteiger partial charge on any atom is -0.423 e. The van der Waals surface area contributed by atoms with Crippen LogP contribution in [0.5, 0.6) is 0 Å². The van der Waals surface area contributed by atoms with Crippen molar-refractivity contribution in [3.63, 3.8) is 0 Å². The quantitative estimate of drug-likeness (QED) is 0.746. The van der Waals surface area contributed by atoms with Gasteiger partial charge in [-0.05, 0) is 37.1 Å². The molecule has 1 aliphatic rings. The molecule has 21 heavy (non-hydrogen) atoms. The molecule has 1 fully saturated rings. The zero-order chi connectivity index (χ0) is 14.9. The number of nitrogens with one attached hydrogen (secondary N) is 2. The molecule has 2 amide bonds. The second kappa shape index (κ2) is 5.21. The summed E-state index contributed by atoms with van der Waals surface area (Å²) in [6.45, 7) is 0.570. The number of amides is 2. The fourth-order valence-corrected chi connectivity index (χ4v) is 2.16. The van der Waals surface area contributed by atoms with Crippen molar-refractivity contribution in [2.24, 2.45) is 5.41 Å². The summed E-state index contributed by atoms with van der Waals surface area (Å²) in [5.41, 5.74) is 0.567. The molecule has 6 heteroatoms. The summed E-state index contributed by atoms with van der Waals surface area (Å²) < 4.78 is 5.02. The molecule has 3 N–H and O–H groups in total. The third kappa shape index (κ3) is 3.05. The van der Waals surface area contributed by atoms with Crippen molar-refractivity contribution in [2.45, 2.75) is 12.8 Å². The Morgan fingerprint density at radius 1 is 1.29 bits per heavy atom. The van der Waals surface area contributed by atoms with Gasteiger partial charge in [-0.2, -0.15) is 0 Å². The standard InChI is InChI=1S/C15H16N2O4/c18-9-15(5-6-15)8-16-14(20)17-11-2-3-12-10(7-11)1-4-13(19)21-12/h1-4,7,18H,5-6,8-9H2,(H2,16,17,20). The highest BCUT2D eigenvalue weighted by Crippen LogP contribution is 2.44. The first-order chi connectivity index (χ1) is 10.1. The van der Waals surface area contributed by atoms with Gasteiger partial charge in [0, 0.05) is 29.1 Å². The molecule has 0 saturated heterocycles. The minimum atomic E-state index is -0.403. The summed E-state index contributed by atoms with van der Waals surface area (Å²) in [4.78, 5) is 22.9. The van der Waals surface area contributed by atoms with Crippen LogP contribution in [-0.2, 0) is 0 Å². The summed E-state index contributed by atoms with van der Waals surface area (Å²) in [5, 5.41) is 15.4. The van der Waals surface area contributed by atoms with Crippen LogP contribution in [0.2, 0.25) is 0 Å². The summed E-state index contributed by atoms with van der Waals surface area (Å²) in [7, 11) is 0. The number of fused-ring (bicyclic) bond motifs is 1. The van der Waals surface area contributed by atoms with Gasteiger partial charge >= 0.3 is 11.7 Å². The summed E-state index contributed by atoms with van der Waals surface area (Å²) in [5.74, 6) is 0. The van der Waals surface area contributed by atoms with Crippen LogP contribution in [0.1, 0.15) is 12.8 Å². The highest BCUT2D eigenvalue weighted by Gasteiger charge is 2.42. The summed E-state index contributed by atoms with van der Waals surface area (Å²) in [6, 6.07) is 7.72. The summed E-state index contributed by atoms with van der Waals surface area (Å²) >= 11 is 0. The first kappa shape index (κ1) is 13.6. The summed E-state index contributed by atoms with van der Waals surface area (Å²) in [6.07, 6.45) is 1.89. The zero-order valence-electron chi connectivity index (χ0n) is 11.4. The molecule has 1 heterocycles. The highest BCUT2D eigenvalue weighted by molar-refractivity contribution is 5.92. The van der Waals surface area contributed by atoms with E-state index >= 15 is 0 Å². The average Bonchev–Trinajstić information content (AvgIpc) is 3.26. The third-order valence-electron chi connectivity index (χ3n) is 3.79. The molecule has 0 radical (unpaired) electrons. The van der Waals surface area contributed by atoms with Crippen LogP contribution in [0.4, 0.5) is 10.5 Å². The van der Waals surface area contributed by atoms with Crippen LogP contribution in [0.3, 0.4) is 0 Å². The third-order valence-corrected chi connectivity index (χ3v) is 3.79. The van der Waals surface area contributed by atoms with E-state index in [1.165, 1.54) is 6.07 Å². The average molecular weight is 288 g/mol. The van der Waals surface area contributed by atoms with E-state index in [-0.39, 0.29) is 18.1 Å². The maximum atomic E-state index is 11.8. The molecule has 3 rings (SSSR count). The number of carbonyl (C=O) groups is 1. The molecule has 110 valence electrons. The normalized spacial score (nSPS) is 15.7. The Morgan fingerprint density at radius 3 is 2.81 bits per heavy atom. The number of anilines is 1. The highest BCUT2D eigenvalue weighted by atomic mass is 16.4. The first-order valence-corrected chi connectivity index (χ1v) is 6.80. The number of urea groups is 1. The van der Waals surface area contributed by atoms with Gasteiger partial charge in [0.1, 0.15) is 5.58 Å². The van der Waals surface area contributed by atoms with Gasteiger partial charge in [0.15, 0.2) is 0 Å². The van der Waals surface area contributed by atoms with Crippen molar-refractivity contribution in [1.29, 1.82) is 0 Å². The fraction of sp³-hybridized carbons (Fsp3) is 0.333. The Kier molecular flexibility index (Phi) is 3.39. The van der Waals surface area contributed by atoms with Gasteiger partial charge < -0.3 is 20.2 Å². The maximum Gasteiger partial charge on any atom is 0.336 e. The number of benzene rings is 1. The second-order valence-electron chi connectivity index (χ2n) is 5.47. The molecule has 2 aromatic rings. The van der Waals surface area contributed by atoms with Crippen LogP contribution in [-0.4, -0.2) is 24.3 Å². The first-order valence-electron chi connectivity index (χ1n) is 6.80. The van der Waals surface area contributed by atoms with Crippen molar-refractivity contribution in [3.8, 4) is 0 Å². The van der Waals surface area contributed by atoms with Crippen LogP contribution in [0, 0.1) is 5.41 Å². The van der Waals surface area contributed by atoms with Crippen LogP contribution >= 0.6 is 0 Å². The van der Waals surface area contributed by atoms with Gasteiger partial charge in [0.2, 0.25) is 0 Å².